The molecule has 35 heavy (non-hydrogen) atoms. The molecule has 1 aromatic heterocycles. The first kappa shape index (κ1) is 28.8. The predicted octanol–water partition coefficient (Wildman–Crippen LogP) is -1.77. The first-order chi connectivity index (χ1) is 16.1. The van der Waals surface area contributed by atoms with Crippen LogP contribution >= 0.6 is 8.18 Å². The smallest absolute Gasteiger partial charge is 0.462 e. The number of alkyl halides is 1. The average Bonchev–Trinajstić information content (AvgIpc) is 3.00. The predicted molar refractivity (Wildman–Crippen MR) is 117 cm³/mol. The Kier molecular flexibility index (Phi) is 9.16. The molecule has 4 radical (unpaired) electrons. The Bertz CT molecular complexity index is 1150. The first-order valence-electron chi connectivity index (χ1n) is 9.97. The van der Waals surface area contributed by atoms with Gasteiger partial charge < -0.3 is 19.7 Å². The maximum atomic E-state index is 13.8. The standard InChI is InChI=1S/C18H20B2F2N3O9P/c1-8(2)32-14(28)9(3)24-35(31)34-18(19,20)12-11(26)17(30,5-4-6-21)15(33-12)25-7-10(22)13(27)23-16(25)29/h7-9,11-12,15,26,30H,6H2,1-3H3,(H-,23,24,27,29,31)/p+1/t9-,11?,12?,15+,17+/m0/s1. The lowest BCUT2D eigenvalue weighted by molar-refractivity contribution is -0.149. The lowest BCUT2D eigenvalue weighted by Crippen LogP contribution is -2.55. The molecule has 12 nitrogen and oxygen atoms in total. The number of carbonyl (C=O) groups excluding carboxylic acids is 1. The number of ether oxygens (including phenoxy) is 2. The van der Waals surface area contributed by atoms with Gasteiger partial charge in [-0.1, -0.05) is 16.9 Å². The molecule has 4 N–H and O–H groups in total. The number of aliphatic hydroxyl groups excluding tert-OH is 1. The molecule has 6 atom stereocenters. The van der Waals surface area contributed by atoms with Crippen LogP contribution in [0.4, 0.5) is 8.78 Å². The van der Waals surface area contributed by atoms with E-state index < -0.39 is 79.5 Å². The number of nitrogens with one attached hydrogen (secondary N) is 2. The van der Waals surface area contributed by atoms with Gasteiger partial charge in [0.25, 0.3) is 5.56 Å². The molecule has 1 aliphatic heterocycles. The molecule has 0 bridgehead atoms. The van der Waals surface area contributed by atoms with Gasteiger partial charge in [-0.25, -0.2) is 9.18 Å². The normalized spacial score (nSPS) is 25.6. The number of hydrogen-bond acceptors (Lipinski definition) is 9. The van der Waals surface area contributed by atoms with Crippen LogP contribution in [0.3, 0.4) is 0 Å². The van der Waals surface area contributed by atoms with E-state index in [-0.39, 0.29) is 0 Å². The van der Waals surface area contributed by atoms with Gasteiger partial charge in [-0.05, 0) is 25.3 Å². The van der Waals surface area contributed by atoms with Gasteiger partial charge in [0.2, 0.25) is 5.82 Å². The Morgan fingerprint density at radius 2 is 2.09 bits per heavy atom. The highest BCUT2D eigenvalue weighted by molar-refractivity contribution is 7.37. The maximum absolute atomic E-state index is 13.8. The molecule has 1 aliphatic rings. The molecule has 0 aromatic carbocycles. The average molecular weight is 514 g/mol. The van der Waals surface area contributed by atoms with Crippen LogP contribution in [0, 0.1) is 17.7 Å². The number of nitrogens with zero attached hydrogens (tertiary/aromatic N) is 1. The second-order valence-electron chi connectivity index (χ2n) is 7.80. The molecular formula is C18H21B2F2N3O9P+. The second-order valence-corrected chi connectivity index (χ2v) is 8.75. The SMILES string of the molecule is [B]C([B])(O[P+](=O)N[C@@H](C)C(=O)OC(C)C)C1O[C@@H](n2cc(F)c(=O)[nH]c2=O)[C@@](O)(C#CCF)C1O. The van der Waals surface area contributed by atoms with Gasteiger partial charge in [-0.15, -0.1) is 4.52 Å². The van der Waals surface area contributed by atoms with E-state index >= 15 is 0 Å². The highest BCUT2D eigenvalue weighted by Gasteiger charge is 2.61. The number of aromatic amines is 1. The van der Waals surface area contributed by atoms with Crippen LogP contribution in [0.1, 0.15) is 27.0 Å². The van der Waals surface area contributed by atoms with Crippen molar-refractivity contribution in [1.29, 1.82) is 0 Å². The topological polar surface area (TPSA) is 169 Å². The summed E-state index contributed by atoms with van der Waals surface area (Å²) in [6, 6.07) is -1.14. The Balaban J connectivity index is 2.35. The lowest BCUT2D eigenvalue weighted by atomic mass is 9.60. The minimum Gasteiger partial charge on any atom is -0.462 e. The highest BCUT2D eigenvalue weighted by atomic mass is 31.1. The van der Waals surface area contributed by atoms with Crippen molar-refractivity contribution in [1.82, 2.24) is 14.6 Å². The fourth-order valence-electron chi connectivity index (χ4n) is 3.04. The van der Waals surface area contributed by atoms with Gasteiger partial charge in [0.15, 0.2) is 11.8 Å². The van der Waals surface area contributed by atoms with E-state index in [1.165, 1.54) is 6.92 Å². The van der Waals surface area contributed by atoms with Crippen molar-refractivity contribution >= 4 is 29.8 Å². The van der Waals surface area contributed by atoms with E-state index in [1.54, 1.807) is 18.8 Å². The summed E-state index contributed by atoms with van der Waals surface area (Å²) >= 11 is 0. The quantitative estimate of drug-likeness (QED) is 0.135. The summed E-state index contributed by atoms with van der Waals surface area (Å²) in [5.74, 6) is 1.55. The van der Waals surface area contributed by atoms with Crippen LogP contribution in [-0.2, 0) is 23.4 Å². The van der Waals surface area contributed by atoms with Crippen molar-refractivity contribution in [3.05, 3.63) is 32.9 Å². The van der Waals surface area contributed by atoms with Crippen molar-refractivity contribution in [3.8, 4) is 11.8 Å². The van der Waals surface area contributed by atoms with Gasteiger partial charge in [0.05, 0.1) is 17.7 Å². The van der Waals surface area contributed by atoms with Crippen molar-refractivity contribution in [3.63, 3.8) is 0 Å². The van der Waals surface area contributed by atoms with Crippen molar-refractivity contribution in [2.45, 2.75) is 62.4 Å². The zero-order valence-corrected chi connectivity index (χ0v) is 19.6. The zero-order valence-electron chi connectivity index (χ0n) is 18.7. The third-order valence-corrected chi connectivity index (χ3v) is 5.69. The molecule has 3 unspecified atom stereocenters. The summed E-state index contributed by atoms with van der Waals surface area (Å²) in [5.41, 5.74) is -5.50. The number of rotatable bonds is 8. The second kappa shape index (κ2) is 11.1. The van der Waals surface area contributed by atoms with E-state index in [0.29, 0.717) is 10.8 Å². The van der Waals surface area contributed by atoms with Gasteiger partial charge in [-0.2, -0.15) is 4.39 Å². The summed E-state index contributed by atoms with van der Waals surface area (Å²) in [6.07, 6.45) is -6.44. The molecule has 0 aliphatic carbocycles. The molecule has 0 saturated carbocycles. The third-order valence-electron chi connectivity index (χ3n) is 4.61. The molecule has 2 rings (SSSR count). The summed E-state index contributed by atoms with van der Waals surface area (Å²) in [5, 5.41) is 21.2. The Labute approximate surface area is 201 Å². The maximum Gasteiger partial charge on any atom is 0.612 e. The molecule has 0 amide bonds. The van der Waals surface area contributed by atoms with Crippen molar-refractivity contribution in [2.24, 2.45) is 0 Å². The summed E-state index contributed by atoms with van der Waals surface area (Å²) < 4.78 is 54.5. The molecule has 17 heteroatoms. The summed E-state index contributed by atoms with van der Waals surface area (Å²) in [7, 11) is 8.59. The van der Waals surface area contributed by atoms with Crippen LogP contribution in [0.2, 0.25) is 0 Å². The van der Waals surface area contributed by atoms with Crippen LogP contribution in [-0.4, -0.2) is 83.5 Å². The molecular weight excluding hydrogens is 493 g/mol. The number of esters is 1. The number of aromatic nitrogens is 2. The Morgan fingerprint density at radius 3 is 2.66 bits per heavy atom. The van der Waals surface area contributed by atoms with Gasteiger partial charge in [-0.3, -0.25) is 19.1 Å². The van der Waals surface area contributed by atoms with Crippen LogP contribution in [0.15, 0.2) is 15.8 Å². The fourth-order valence-corrected chi connectivity index (χ4v) is 3.90. The monoisotopic (exact) mass is 514 g/mol. The number of H-pyrrole nitrogens is 1. The van der Waals surface area contributed by atoms with E-state index in [9.17, 15) is 37.9 Å². The minimum atomic E-state index is -3.02. The minimum absolute atomic E-state index is 0.325. The lowest BCUT2D eigenvalue weighted by Gasteiger charge is -2.30. The molecule has 1 fully saturated rings. The van der Waals surface area contributed by atoms with E-state index in [2.05, 4.69) is 5.09 Å². The Morgan fingerprint density at radius 1 is 1.46 bits per heavy atom. The summed E-state index contributed by atoms with van der Waals surface area (Å²) in [6.45, 7) is 3.19. The Hall–Kier alpha value is -2.40. The third kappa shape index (κ3) is 6.43. The highest BCUT2D eigenvalue weighted by Crippen LogP contribution is 2.42. The first-order valence-corrected chi connectivity index (χ1v) is 11.2. The van der Waals surface area contributed by atoms with Crippen LogP contribution in [0.25, 0.3) is 0 Å². The zero-order chi connectivity index (χ0) is 26.7. The largest absolute Gasteiger partial charge is 0.612 e. The van der Waals surface area contributed by atoms with E-state index in [1.807, 2.05) is 11.8 Å². The van der Waals surface area contributed by atoms with Crippen LogP contribution < -0.4 is 16.3 Å². The van der Waals surface area contributed by atoms with E-state index in [0.717, 1.165) is 0 Å². The van der Waals surface area contributed by atoms with Crippen molar-refractivity contribution < 1.29 is 42.4 Å². The van der Waals surface area contributed by atoms with E-state index in [4.69, 9.17) is 29.7 Å². The number of carbonyl (C=O) groups is 1. The molecule has 2 heterocycles. The number of halogens is 2. The van der Waals surface area contributed by atoms with Crippen LogP contribution in [0.5, 0.6) is 0 Å². The van der Waals surface area contributed by atoms with Gasteiger partial charge in [0, 0.05) is 0 Å². The molecule has 1 aromatic rings. The number of hydrogen-bond donors (Lipinski definition) is 4. The number of aliphatic hydroxyl groups is 2. The fraction of sp³-hybridized carbons (Fsp3) is 0.611. The molecule has 0 spiro atoms. The van der Waals surface area contributed by atoms with Gasteiger partial charge in [0.1, 0.15) is 40.6 Å². The van der Waals surface area contributed by atoms with Crippen molar-refractivity contribution in [2.75, 3.05) is 6.67 Å². The summed E-state index contributed by atoms with van der Waals surface area (Å²) in [4.78, 5) is 37.0. The molecule has 1 saturated heterocycles. The molecule has 186 valence electrons. The van der Waals surface area contributed by atoms with Gasteiger partial charge >= 0.3 is 19.8 Å².